The number of rotatable bonds is 1. The molecule has 15 heavy (non-hydrogen) atoms. The summed E-state index contributed by atoms with van der Waals surface area (Å²) < 4.78 is 0. The van der Waals surface area contributed by atoms with Crippen molar-refractivity contribution in [1.82, 2.24) is 4.90 Å². The van der Waals surface area contributed by atoms with E-state index in [0.717, 1.165) is 13.0 Å². The number of carboxylic acids is 1. The van der Waals surface area contributed by atoms with Crippen LogP contribution in [0, 0.1) is 5.92 Å². The molecule has 1 aliphatic heterocycles. The second kappa shape index (κ2) is 4.07. The fraction of sp³-hybridized carbons (Fsp3) is 0.727. The molecule has 1 aliphatic rings. The highest BCUT2D eigenvalue weighted by Crippen LogP contribution is 2.31. The molecule has 1 saturated heterocycles. The Morgan fingerprint density at radius 1 is 1.53 bits per heavy atom. The van der Waals surface area contributed by atoms with Crippen molar-refractivity contribution in [2.45, 2.75) is 39.2 Å². The van der Waals surface area contributed by atoms with Crippen molar-refractivity contribution in [3.63, 3.8) is 0 Å². The minimum absolute atomic E-state index is 0.221. The first-order valence-electron chi connectivity index (χ1n) is 5.13. The molecule has 1 fully saturated rings. The van der Waals surface area contributed by atoms with Gasteiger partial charge in [-0.1, -0.05) is 0 Å². The van der Waals surface area contributed by atoms with Crippen molar-refractivity contribution in [2.24, 2.45) is 5.92 Å². The third-order valence-electron chi connectivity index (χ3n) is 2.71. The van der Waals surface area contributed by atoms with Gasteiger partial charge in [0.2, 0.25) is 0 Å². The van der Waals surface area contributed by atoms with Crippen LogP contribution in [0.25, 0.3) is 0 Å². The van der Waals surface area contributed by atoms with E-state index in [-0.39, 0.29) is 5.54 Å². The first-order chi connectivity index (χ1) is 6.88. The average Bonchev–Trinajstić information content (AvgIpc) is 2.15. The summed E-state index contributed by atoms with van der Waals surface area (Å²) in [6, 6.07) is 0. The molecule has 0 spiro atoms. The first kappa shape index (κ1) is 11.8. The van der Waals surface area contributed by atoms with Gasteiger partial charge in [0, 0.05) is 12.1 Å². The highest BCUT2D eigenvalue weighted by Gasteiger charge is 2.36. The highest BCUT2D eigenvalue weighted by molar-refractivity contribution is 5.77. The van der Waals surface area contributed by atoms with Crippen molar-refractivity contribution >= 4 is 11.9 Å². The molecule has 0 aromatic rings. The molecule has 0 amide bonds. The molecule has 0 aromatic carbocycles. The predicted molar refractivity (Wildman–Crippen MR) is 56.0 cm³/mol. The van der Waals surface area contributed by atoms with Gasteiger partial charge in [-0.05, 0) is 33.6 Å². The molecule has 0 radical (unpaired) electrons. The van der Waals surface area contributed by atoms with E-state index < -0.39 is 11.9 Å². The molecule has 1 N–H and O–H groups in total. The van der Waals surface area contributed by atoms with Gasteiger partial charge in [-0.3, -0.25) is 4.79 Å². The van der Waals surface area contributed by atoms with Crippen LogP contribution in [0.5, 0.6) is 0 Å². The Hall–Kier alpha value is -1.28. The third-order valence-corrected chi connectivity index (χ3v) is 2.71. The molecule has 0 saturated carbocycles. The third kappa shape index (κ3) is 2.39. The van der Waals surface area contributed by atoms with Crippen molar-refractivity contribution < 1.29 is 14.7 Å². The summed E-state index contributed by atoms with van der Waals surface area (Å²) >= 11 is 0. The molecule has 4 nitrogen and oxygen atoms in total. The van der Waals surface area contributed by atoms with E-state index in [2.05, 4.69) is 0 Å². The van der Waals surface area contributed by atoms with Crippen LogP contribution in [0.3, 0.4) is 0 Å². The van der Waals surface area contributed by atoms with Gasteiger partial charge in [0.1, 0.15) is 17.6 Å². The molecular weight excluding hydrogens is 194 g/mol. The summed E-state index contributed by atoms with van der Waals surface area (Å²) in [6.45, 7) is 6.63. The maximum atomic E-state index is 11.0. The summed E-state index contributed by atoms with van der Waals surface area (Å²) in [5.74, 6) is 0.191. The normalized spacial score (nSPS) is 22.5. The predicted octanol–water partition coefficient (Wildman–Crippen LogP) is 1.30. The van der Waals surface area contributed by atoms with Gasteiger partial charge in [-0.15, -0.1) is 0 Å². The Labute approximate surface area is 89.6 Å². The second-order valence-electron chi connectivity index (χ2n) is 4.84. The largest absolute Gasteiger partial charge is 0.481 e. The molecular formula is C11H17NO3. The first-order valence-corrected chi connectivity index (χ1v) is 5.13. The number of hydrogen-bond donors (Lipinski definition) is 1. The zero-order valence-electron chi connectivity index (χ0n) is 9.41. The molecule has 0 aliphatic carbocycles. The van der Waals surface area contributed by atoms with Gasteiger partial charge in [0.15, 0.2) is 0 Å². The quantitative estimate of drug-likeness (QED) is 0.664. The summed E-state index contributed by atoms with van der Waals surface area (Å²) in [4.78, 5) is 23.7. The summed E-state index contributed by atoms with van der Waals surface area (Å²) in [7, 11) is 0. The molecule has 4 heteroatoms. The van der Waals surface area contributed by atoms with Crippen LogP contribution in [0.15, 0.2) is 5.70 Å². The summed E-state index contributed by atoms with van der Waals surface area (Å²) in [5, 5.41) is 9.00. The monoisotopic (exact) mass is 211 g/mol. The Morgan fingerprint density at radius 2 is 2.13 bits per heavy atom. The SMILES string of the molecule is CC(C)(C)N1CCCC(C(=O)O)C1=C=O. The Morgan fingerprint density at radius 3 is 2.53 bits per heavy atom. The van der Waals surface area contributed by atoms with E-state index in [1.807, 2.05) is 25.7 Å². The molecule has 1 rings (SSSR count). The van der Waals surface area contributed by atoms with Crippen molar-refractivity contribution in [3.05, 3.63) is 5.70 Å². The Bertz CT molecular complexity index is 310. The molecule has 1 atom stereocenters. The number of hydrogen-bond acceptors (Lipinski definition) is 3. The highest BCUT2D eigenvalue weighted by atomic mass is 16.4. The Kier molecular flexibility index (Phi) is 3.20. The maximum Gasteiger partial charge on any atom is 0.313 e. The van der Waals surface area contributed by atoms with Crippen LogP contribution in [-0.2, 0) is 9.59 Å². The van der Waals surface area contributed by atoms with Crippen LogP contribution in [0.4, 0.5) is 0 Å². The van der Waals surface area contributed by atoms with E-state index in [1.165, 1.54) is 0 Å². The van der Waals surface area contributed by atoms with E-state index in [9.17, 15) is 9.59 Å². The lowest BCUT2D eigenvalue weighted by molar-refractivity contribution is -0.142. The number of carbonyl (C=O) groups is 1. The van der Waals surface area contributed by atoms with Crippen LogP contribution in [0.2, 0.25) is 0 Å². The van der Waals surface area contributed by atoms with E-state index in [0.29, 0.717) is 12.1 Å². The minimum Gasteiger partial charge on any atom is -0.481 e. The van der Waals surface area contributed by atoms with Gasteiger partial charge in [-0.2, -0.15) is 0 Å². The van der Waals surface area contributed by atoms with Crippen molar-refractivity contribution in [1.29, 1.82) is 0 Å². The van der Waals surface area contributed by atoms with Crippen LogP contribution in [-0.4, -0.2) is 34.0 Å². The molecule has 1 heterocycles. The number of carboxylic acid groups (broad SMARTS) is 1. The minimum atomic E-state index is -0.928. The van der Waals surface area contributed by atoms with Crippen molar-refractivity contribution in [3.8, 4) is 0 Å². The number of nitrogens with zero attached hydrogens (tertiary/aromatic N) is 1. The topological polar surface area (TPSA) is 57.6 Å². The molecule has 0 aromatic heterocycles. The second-order valence-corrected chi connectivity index (χ2v) is 4.84. The van der Waals surface area contributed by atoms with E-state index in [1.54, 1.807) is 5.94 Å². The zero-order chi connectivity index (χ0) is 11.6. The molecule has 84 valence electrons. The fourth-order valence-corrected chi connectivity index (χ4v) is 1.96. The van der Waals surface area contributed by atoms with Gasteiger partial charge in [0.05, 0.1) is 0 Å². The van der Waals surface area contributed by atoms with Crippen LogP contribution < -0.4 is 0 Å². The standard InChI is InChI=1S/C11H17NO3/c1-11(2,3)12-6-4-5-8(10(14)15)9(12)7-13/h8H,4-6H2,1-3H3,(H,14,15). The zero-order valence-corrected chi connectivity index (χ0v) is 9.41. The number of piperidine rings is 1. The smallest absolute Gasteiger partial charge is 0.313 e. The number of aliphatic carboxylic acids is 1. The van der Waals surface area contributed by atoms with E-state index >= 15 is 0 Å². The van der Waals surface area contributed by atoms with Crippen LogP contribution in [0.1, 0.15) is 33.6 Å². The van der Waals surface area contributed by atoms with Gasteiger partial charge in [-0.25, -0.2) is 4.79 Å². The maximum absolute atomic E-state index is 11.0. The van der Waals surface area contributed by atoms with Gasteiger partial charge < -0.3 is 10.0 Å². The lowest BCUT2D eigenvalue weighted by Gasteiger charge is -2.42. The lowest BCUT2D eigenvalue weighted by atomic mass is 9.90. The van der Waals surface area contributed by atoms with Gasteiger partial charge in [0.25, 0.3) is 0 Å². The fourth-order valence-electron chi connectivity index (χ4n) is 1.96. The van der Waals surface area contributed by atoms with E-state index in [4.69, 9.17) is 5.11 Å². The van der Waals surface area contributed by atoms with Gasteiger partial charge >= 0.3 is 5.97 Å². The summed E-state index contributed by atoms with van der Waals surface area (Å²) in [5.41, 5.74) is 0.0715. The van der Waals surface area contributed by atoms with Crippen molar-refractivity contribution in [2.75, 3.05) is 6.54 Å². The average molecular weight is 211 g/mol. The van der Waals surface area contributed by atoms with Crippen LogP contribution >= 0.6 is 0 Å². The number of carbonyl (C=O) groups excluding carboxylic acids is 1. The lowest BCUT2D eigenvalue weighted by Crippen LogP contribution is -2.47. The number of likely N-dealkylation sites (tertiary alicyclic amines) is 1. The summed E-state index contributed by atoms with van der Waals surface area (Å²) in [6.07, 6.45) is 1.34. The molecule has 1 unspecified atom stereocenters. The molecule has 0 bridgehead atoms. The Balaban J connectivity index is 3.01.